The van der Waals surface area contributed by atoms with Gasteiger partial charge in [0, 0.05) is 13.1 Å². The summed E-state index contributed by atoms with van der Waals surface area (Å²) in [6.45, 7) is 12.8. The van der Waals surface area contributed by atoms with Crippen LogP contribution in [0.15, 0.2) is 12.1 Å². The molecule has 0 aliphatic carbocycles. The molecule has 1 saturated heterocycles. The van der Waals surface area contributed by atoms with Crippen molar-refractivity contribution >= 4 is 5.82 Å². The van der Waals surface area contributed by atoms with E-state index in [0.29, 0.717) is 19.0 Å². The summed E-state index contributed by atoms with van der Waals surface area (Å²) in [5, 5.41) is 0. The Hall–Kier alpha value is -1.16. The first-order chi connectivity index (χ1) is 8.75. The van der Waals surface area contributed by atoms with E-state index >= 15 is 0 Å². The molecule has 0 saturated carbocycles. The minimum atomic E-state index is -0.411. The third kappa shape index (κ3) is 5.45. The lowest BCUT2D eigenvalue weighted by atomic mass is 10.3. The fraction of sp³-hybridized carbons (Fsp3) is 0.643. The largest absolute Gasteiger partial charge is 0.378 e. The minimum Gasteiger partial charge on any atom is -0.378 e. The van der Waals surface area contributed by atoms with Gasteiger partial charge in [0.2, 0.25) is 5.95 Å². The van der Waals surface area contributed by atoms with E-state index in [1.165, 1.54) is 6.07 Å². The van der Waals surface area contributed by atoms with Crippen molar-refractivity contribution in [2.45, 2.75) is 34.6 Å². The van der Waals surface area contributed by atoms with Crippen molar-refractivity contribution in [2.75, 3.05) is 31.2 Å². The Morgan fingerprint density at radius 3 is 2.17 bits per heavy atom. The highest BCUT2D eigenvalue weighted by Crippen LogP contribution is 2.15. The molecule has 18 heavy (non-hydrogen) atoms. The first kappa shape index (κ1) is 16.8. The van der Waals surface area contributed by atoms with Crippen LogP contribution in [0.1, 0.15) is 33.3 Å². The van der Waals surface area contributed by atoms with Gasteiger partial charge in [0.05, 0.1) is 13.2 Å². The Bertz CT molecular complexity index is 305. The number of halogens is 1. The van der Waals surface area contributed by atoms with Gasteiger partial charge in [-0.2, -0.15) is 4.39 Å². The zero-order valence-electron chi connectivity index (χ0n) is 12.2. The molecule has 0 spiro atoms. The zero-order chi connectivity index (χ0) is 14.0. The summed E-state index contributed by atoms with van der Waals surface area (Å²) in [4.78, 5) is 5.90. The second-order valence-corrected chi connectivity index (χ2v) is 3.42. The van der Waals surface area contributed by atoms with Crippen molar-refractivity contribution in [1.29, 1.82) is 0 Å². The van der Waals surface area contributed by atoms with E-state index in [4.69, 9.17) is 4.74 Å². The summed E-state index contributed by atoms with van der Waals surface area (Å²) in [5.41, 5.74) is 0.902. The number of morpholine rings is 1. The summed E-state index contributed by atoms with van der Waals surface area (Å²) < 4.78 is 18.2. The van der Waals surface area contributed by atoms with E-state index in [0.717, 1.165) is 18.7 Å². The van der Waals surface area contributed by atoms with Crippen LogP contribution in [0.5, 0.6) is 0 Å². The molecule has 104 valence electrons. The van der Waals surface area contributed by atoms with Gasteiger partial charge in [-0.05, 0) is 24.6 Å². The lowest BCUT2D eigenvalue weighted by molar-refractivity contribution is 0.122. The molecule has 1 aliphatic heterocycles. The topological polar surface area (TPSA) is 25.4 Å². The van der Waals surface area contributed by atoms with Gasteiger partial charge in [-0.3, -0.25) is 0 Å². The molecule has 3 nitrogen and oxygen atoms in total. The van der Waals surface area contributed by atoms with Crippen molar-refractivity contribution in [3.8, 4) is 0 Å². The minimum absolute atomic E-state index is 0.411. The number of hydrogen-bond acceptors (Lipinski definition) is 3. The normalized spacial score (nSPS) is 14.0. The molecule has 1 aromatic heterocycles. The molecule has 2 rings (SSSR count). The van der Waals surface area contributed by atoms with Crippen LogP contribution in [-0.4, -0.2) is 31.3 Å². The maximum atomic E-state index is 13.0. The zero-order valence-corrected chi connectivity index (χ0v) is 12.2. The van der Waals surface area contributed by atoms with Gasteiger partial charge in [-0.1, -0.05) is 27.7 Å². The van der Waals surface area contributed by atoms with E-state index in [2.05, 4.69) is 4.98 Å². The second kappa shape index (κ2) is 9.83. The molecule has 0 aromatic carbocycles. The Morgan fingerprint density at radius 2 is 1.67 bits per heavy atom. The average Bonchev–Trinajstić information content (AvgIpc) is 2.43. The van der Waals surface area contributed by atoms with Gasteiger partial charge in [0.1, 0.15) is 5.82 Å². The van der Waals surface area contributed by atoms with Crippen LogP contribution in [0.3, 0.4) is 0 Å². The van der Waals surface area contributed by atoms with E-state index in [1.54, 1.807) is 0 Å². The second-order valence-electron chi connectivity index (χ2n) is 3.42. The maximum absolute atomic E-state index is 13.0. The Balaban J connectivity index is 0.000000659. The molecule has 0 N–H and O–H groups in total. The van der Waals surface area contributed by atoms with Crippen molar-refractivity contribution in [3.05, 3.63) is 23.6 Å². The lowest BCUT2D eigenvalue weighted by Crippen LogP contribution is -2.36. The molecule has 0 bridgehead atoms. The molecular weight excluding hydrogens is 231 g/mol. The summed E-state index contributed by atoms with van der Waals surface area (Å²) in [5.74, 6) is 0.303. The van der Waals surface area contributed by atoms with Crippen LogP contribution < -0.4 is 4.90 Å². The summed E-state index contributed by atoms with van der Waals surface area (Å²) in [6.07, 6.45) is 0. The molecule has 1 fully saturated rings. The molecule has 0 amide bonds. The van der Waals surface area contributed by atoms with Crippen molar-refractivity contribution in [2.24, 2.45) is 0 Å². The van der Waals surface area contributed by atoms with E-state index < -0.39 is 5.95 Å². The van der Waals surface area contributed by atoms with Gasteiger partial charge in [-0.15, -0.1) is 0 Å². The number of rotatable bonds is 1. The first-order valence-electron chi connectivity index (χ1n) is 6.72. The average molecular weight is 256 g/mol. The lowest BCUT2D eigenvalue weighted by Gasteiger charge is -2.27. The maximum Gasteiger partial charge on any atom is 0.215 e. The predicted molar refractivity (Wildman–Crippen MR) is 74.7 cm³/mol. The third-order valence-electron chi connectivity index (χ3n) is 2.26. The third-order valence-corrected chi connectivity index (χ3v) is 2.26. The predicted octanol–water partition coefficient (Wildman–Crippen LogP) is 3.42. The van der Waals surface area contributed by atoms with E-state index in [1.807, 2.05) is 45.6 Å². The van der Waals surface area contributed by atoms with Crippen molar-refractivity contribution in [1.82, 2.24) is 4.98 Å². The van der Waals surface area contributed by atoms with Gasteiger partial charge in [0.15, 0.2) is 0 Å². The Labute approximate surface area is 110 Å². The fourth-order valence-corrected chi connectivity index (χ4v) is 1.56. The number of aromatic nitrogens is 1. The van der Waals surface area contributed by atoms with Crippen molar-refractivity contribution < 1.29 is 9.13 Å². The van der Waals surface area contributed by atoms with Crippen LogP contribution in [0.2, 0.25) is 0 Å². The van der Waals surface area contributed by atoms with Gasteiger partial charge >= 0.3 is 0 Å². The SMILES string of the molecule is CC.CC.Cc1cc(F)nc(N2CCOCC2)c1. The number of pyridine rings is 1. The molecular formula is C14H25FN2O. The highest BCUT2D eigenvalue weighted by molar-refractivity contribution is 5.41. The van der Waals surface area contributed by atoms with Crippen LogP contribution >= 0.6 is 0 Å². The molecule has 2 heterocycles. The fourth-order valence-electron chi connectivity index (χ4n) is 1.56. The Kier molecular flexibility index (Phi) is 9.19. The highest BCUT2D eigenvalue weighted by atomic mass is 19.1. The molecule has 0 unspecified atom stereocenters. The van der Waals surface area contributed by atoms with Crippen LogP contribution in [0, 0.1) is 12.9 Å². The number of aryl methyl sites for hydroxylation is 1. The summed E-state index contributed by atoms with van der Waals surface area (Å²) >= 11 is 0. The molecule has 4 heteroatoms. The highest BCUT2D eigenvalue weighted by Gasteiger charge is 2.13. The van der Waals surface area contributed by atoms with E-state index in [-0.39, 0.29) is 0 Å². The van der Waals surface area contributed by atoms with Crippen LogP contribution in [0.25, 0.3) is 0 Å². The van der Waals surface area contributed by atoms with E-state index in [9.17, 15) is 4.39 Å². The smallest absolute Gasteiger partial charge is 0.215 e. The molecule has 1 aromatic rings. The van der Waals surface area contributed by atoms with Crippen LogP contribution in [-0.2, 0) is 4.74 Å². The summed E-state index contributed by atoms with van der Waals surface area (Å²) in [6, 6.07) is 3.33. The van der Waals surface area contributed by atoms with Crippen LogP contribution in [0.4, 0.5) is 10.2 Å². The Morgan fingerprint density at radius 1 is 1.11 bits per heavy atom. The number of ether oxygens (including phenoxy) is 1. The summed E-state index contributed by atoms with van der Waals surface area (Å²) in [7, 11) is 0. The van der Waals surface area contributed by atoms with Gasteiger partial charge in [-0.25, -0.2) is 4.98 Å². The van der Waals surface area contributed by atoms with Gasteiger partial charge < -0.3 is 9.64 Å². The monoisotopic (exact) mass is 256 g/mol. The van der Waals surface area contributed by atoms with Gasteiger partial charge in [0.25, 0.3) is 0 Å². The van der Waals surface area contributed by atoms with Crippen molar-refractivity contribution in [3.63, 3.8) is 0 Å². The quantitative estimate of drug-likeness (QED) is 0.720. The molecule has 1 aliphatic rings. The number of hydrogen-bond donors (Lipinski definition) is 0. The molecule has 0 radical (unpaired) electrons. The number of nitrogens with zero attached hydrogens (tertiary/aromatic N) is 2. The first-order valence-corrected chi connectivity index (χ1v) is 6.72. The standard InChI is InChI=1S/C10H13FN2O.2C2H6/c1-8-6-9(11)12-10(7-8)13-2-4-14-5-3-13;2*1-2/h6-7H,2-5H2,1H3;2*1-2H3. The number of anilines is 1. The molecule has 0 atom stereocenters.